The van der Waals surface area contributed by atoms with Gasteiger partial charge in [-0.05, 0) is 24.6 Å². The Balaban J connectivity index is 2.20. The maximum absolute atomic E-state index is 5.36. The molecule has 3 aromatic rings. The Bertz CT molecular complexity index is 765. The molecule has 0 saturated carbocycles. The van der Waals surface area contributed by atoms with Gasteiger partial charge < -0.3 is 9.26 Å². The van der Waals surface area contributed by atoms with Crippen molar-refractivity contribution < 1.29 is 9.26 Å². The van der Waals surface area contributed by atoms with Crippen LogP contribution in [0.5, 0.6) is 5.88 Å². The zero-order chi connectivity index (χ0) is 14.1. The first-order valence-corrected chi connectivity index (χ1v) is 6.49. The molecule has 5 heteroatoms. The van der Waals surface area contributed by atoms with Crippen LogP contribution in [0.2, 0.25) is 0 Å². The lowest BCUT2D eigenvalue weighted by Crippen LogP contribution is -1.94. The predicted molar refractivity (Wildman–Crippen MR) is 75.7 cm³/mol. The summed E-state index contributed by atoms with van der Waals surface area (Å²) in [5.41, 5.74) is 2.80. The summed E-state index contributed by atoms with van der Waals surface area (Å²) in [6, 6.07) is 8.08. The van der Waals surface area contributed by atoms with Crippen LogP contribution in [0.15, 0.2) is 28.8 Å². The van der Waals surface area contributed by atoms with Crippen molar-refractivity contribution in [2.45, 2.75) is 20.3 Å². The lowest BCUT2D eigenvalue weighted by molar-refractivity contribution is 0.381. The second-order valence-corrected chi connectivity index (χ2v) is 4.61. The van der Waals surface area contributed by atoms with Crippen LogP contribution in [0, 0.1) is 6.92 Å². The van der Waals surface area contributed by atoms with E-state index >= 15 is 0 Å². The van der Waals surface area contributed by atoms with Crippen molar-refractivity contribution in [2.75, 3.05) is 7.11 Å². The number of aryl methyl sites for hydroxylation is 2. The van der Waals surface area contributed by atoms with Gasteiger partial charge in [0.1, 0.15) is 0 Å². The molecule has 0 aliphatic rings. The zero-order valence-electron chi connectivity index (χ0n) is 11.7. The van der Waals surface area contributed by atoms with E-state index in [1.807, 2.05) is 38.1 Å². The normalized spacial score (nSPS) is 10.9. The summed E-state index contributed by atoms with van der Waals surface area (Å²) in [5, 5.41) is 5.01. The maximum atomic E-state index is 5.36. The van der Waals surface area contributed by atoms with Crippen molar-refractivity contribution in [3.8, 4) is 17.3 Å². The molecule has 0 amide bonds. The number of benzene rings is 1. The predicted octanol–water partition coefficient (Wildman–Crippen LogP) is 3.16. The first kappa shape index (κ1) is 12.6. The first-order chi connectivity index (χ1) is 9.71. The minimum Gasteiger partial charge on any atom is -0.480 e. The van der Waals surface area contributed by atoms with Crippen LogP contribution in [0.25, 0.3) is 22.3 Å². The molecule has 0 aliphatic carbocycles. The zero-order valence-corrected chi connectivity index (χ0v) is 11.7. The van der Waals surface area contributed by atoms with Crippen LogP contribution in [0.4, 0.5) is 0 Å². The van der Waals surface area contributed by atoms with Gasteiger partial charge in [-0.25, -0.2) is 4.98 Å². The number of nitrogens with zero attached hydrogens (tertiary/aromatic N) is 3. The minimum atomic E-state index is 0.506. The van der Waals surface area contributed by atoms with E-state index in [-0.39, 0.29) is 0 Å². The van der Waals surface area contributed by atoms with Gasteiger partial charge in [0, 0.05) is 11.8 Å². The number of fused-ring (bicyclic) bond motifs is 1. The second kappa shape index (κ2) is 4.92. The monoisotopic (exact) mass is 269 g/mol. The molecule has 0 saturated heterocycles. The van der Waals surface area contributed by atoms with Crippen molar-refractivity contribution in [3.05, 3.63) is 35.7 Å². The fourth-order valence-corrected chi connectivity index (χ4v) is 2.08. The van der Waals surface area contributed by atoms with Gasteiger partial charge in [0.15, 0.2) is 0 Å². The van der Waals surface area contributed by atoms with Gasteiger partial charge in [-0.1, -0.05) is 24.2 Å². The Labute approximate surface area is 116 Å². The van der Waals surface area contributed by atoms with E-state index in [0.29, 0.717) is 24.0 Å². The molecule has 1 aromatic carbocycles. The molecular weight excluding hydrogens is 254 g/mol. The highest BCUT2D eigenvalue weighted by molar-refractivity contribution is 5.85. The summed E-state index contributed by atoms with van der Waals surface area (Å²) >= 11 is 0. The third-order valence-corrected chi connectivity index (χ3v) is 3.14. The molecule has 0 N–H and O–H groups in total. The quantitative estimate of drug-likeness (QED) is 0.730. The van der Waals surface area contributed by atoms with Gasteiger partial charge in [0.25, 0.3) is 0 Å². The van der Waals surface area contributed by atoms with E-state index < -0.39 is 0 Å². The molecule has 0 radical (unpaired) electrons. The highest BCUT2D eigenvalue weighted by Crippen LogP contribution is 2.30. The molecule has 3 rings (SSSR count). The highest BCUT2D eigenvalue weighted by Gasteiger charge is 2.15. The molecule has 0 bridgehead atoms. The van der Waals surface area contributed by atoms with Gasteiger partial charge in [0.05, 0.1) is 18.2 Å². The molecule has 0 aliphatic heterocycles. The molecule has 0 atom stereocenters. The first-order valence-electron chi connectivity index (χ1n) is 6.49. The average Bonchev–Trinajstić information content (AvgIpc) is 2.94. The van der Waals surface area contributed by atoms with Gasteiger partial charge >= 0.3 is 0 Å². The Morgan fingerprint density at radius 3 is 2.75 bits per heavy atom. The van der Waals surface area contributed by atoms with E-state index in [9.17, 15) is 0 Å². The van der Waals surface area contributed by atoms with Crippen molar-refractivity contribution in [1.82, 2.24) is 15.1 Å². The molecule has 5 nitrogen and oxygen atoms in total. The summed E-state index contributed by atoms with van der Waals surface area (Å²) in [5.74, 6) is 1.62. The van der Waals surface area contributed by atoms with Gasteiger partial charge in [-0.15, -0.1) is 0 Å². The molecule has 20 heavy (non-hydrogen) atoms. The number of pyridine rings is 1. The summed E-state index contributed by atoms with van der Waals surface area (Å²) < 4.78 is 10.5. The molecule has 102 valence electrons. The Morgan fingerprint density at radius 2 is 2.05 bits per heavy atom. The van der Waals surface area contributed by atoms with E-state index in [0.717, 1.165) is 22.0 Å². The topological polar surface area (TPSA) is 61.0 Å². The third kappa shape index (κ3) is 2.11. The lowest BCUT2D eigenvalue weighted by Gasteiger charge is -2.07. The maximum Gasteiger partial charge on any atom is 0.226 e. The minimum absolute atomic E-state index is 0.506. The van der Waals surface area contributed by atoms with E-state index in [4.69, 9.17) is 9.26 Å². The number of hydrogen-bond donors (Lipinski definition) is 0. The molecule has 0 unspecified atom stereocenters. The number of hydrogen-bond acceptors (Lipinski definition) is 5. The summed E-state index contributed by atoms with van der Waals surface area (Å²) in [6.07, 6.45) is 0.704. The summed E-state index contributed by atoms with van der Waals surface area (Å²) in [6.45, 7) is 4.00. The molecule has 0 spiro atoms. The van der Waals surface area contributed by atoms with Gasteiger partial charge in [0.2, 0.25) is 17.6 Å². The largest absolute Gasteiger partial charge is 0.480 e. The van der Waals surface area contributed by atoms with Crippen LogP contribution < -0.4 is 4.74 Å². The Morgan fingerprint density at radius 1 is 1.20 bits per heavy atom. The Kier molecular flexibility index (Phi) is 3.10. The number of methoxy groups -OCH3 is 1. The number of rotatable bonds is 3. The van der Waals surface area contributed by atoms with E-state index in [2.05, 4.69) is 15.1 Å². The second-order valence-electron chi connectivity index (χ2n) is 4.61. The fourth-order valence-electron chi connectivity index (χ4n) is 2.08. The van der Waals surface area contributed by atoms with Crippen molar-refractivity contribution in [2.24, 2.45) is 0 Å². The molecular formula is C15H15N3O2. The standard InChI is InChI=1S/C15H15N3O2/c1-4-13-17-14(18-20-13)11-8-10-6-5-9(2)7-12(10)16-15(11)19-3/h5-8H,4H2,1-3H3. The molecule has 0 fully saturated rings. The van der Waals surface area contributed by atoms with Crippen molar-refractivity contribution in [1.29, 1.82) is 0 Å². The van der Waals surface area contributed by atoms with Crippen LogP contribution in [-0.2, 0) is 6.42 Å². The van der Waals surface area contributed by atoms with Crippen LogP contribution in [0.3, 0.4) is 0 Å². The summed E-state index contributed by atoms with van der Waals surface area (Å²) in [4.78, 5) is 8.86. The van der Waals surface area contributed by atoms with Crippen molar-refractivity contribution >= 4 is 10.9 Å². The van der Waals surface area contributed by atoms with E-state index in [1.165, 1.54) is 0 Å². The third-order valence-electron chi connectivity index (χ3n) is 3.14. The number of ether oxygens (including phenoxy) is 1. The van der Waals surface area contributed by atoms with Crippen LogP contribution in [-0.4, -0.2) is 22.2 Å². The molecule has 2 aromatic heterocycles. The van der Waals surface area contributed by atoms with Crippen molar-refractivity contribution in [3.63, 3.8) is 0 Å². The fraction of sp³-hybridized carbons (Fsp3) is 0.267. The van der Waals surface area contributed by atoms with Gasteiger partial charge in [-0.2, -0.15) is 4.98 Å². The van der Waals surface area contributed by atoms with Gasteiger partial charge in [-0.3, -0.25) is 0 Å². The van der Waals surface area contributed by atoms with Crippen LogP contribution >= 0.6 is 0 Å². The summed E-state index contributed by atoms with van der Waals surface area (Å²) in [7, 11) is 1.59. The average molecular weight is 269 g/mol. The molecule has 2 heterocycles. The Hall–Kier alpha value is -2.43. The number of aromatic nitrogens is 3. The SMILES string of the molecule is CCc1nc(-c2cc3ccc(C)cc3nc2OC)no1. The van der Waals surface area contributed by atoms with Crippen LogP contribution in [0.1, 0.15) is 18.4 Å². The van der Waals surface area contributed by atoms with E-state index in [1.54, 1.807) is 7.11 Å². The smallest absolute Gasteiger partial charge is 0.226 e. The highest BCUT2D eigenvalue weighted by atomic mass is 16.5. The lowest BCUT2D eigenvalue weighted by atomic mass is 10.1.